The van der Waals surface area contributed by atoms with Crippen molar-refractivity contribution in [1.29, 1.82) is 0 Å². The molecular formula is C11H20N2O3. The van der Waals surface area contributed by atoms with Gasteiger partial charge < -0.3 is 15.0 Å². The summed E-state index contributed by atoms with van der Waals surface area (Å²) in [4.78, 5) is 24.3. The van der Waals surface area contributed by atoms with Crippen molar-refractivity contribution in [2.24, 2.45) is 0 Å². The summed E-state index contributed by atoms with van der Waals surface area (Å²) in [5.74, 6) is 0.172. The molecule has 1 heterocycles. The molecule has 1 aliphatic rings. The molecule has 16 heavy (non-hydrogen) atoms. The molecule has 1 saturated heterocycles. The van der Waals surface area contributed by atoms with E-state index < -0.39 is 11.7 Å². The van der Waals surface area contributed by atoms with Crippen LogP contribution >= 0.6 is 0 Å². The van der Waals surface area contributed by atoms with Crippen molar-refractivity contribution < 1.29 is 14.3 Å². The Labute approximate surface area is 96.1 Å². The average molecular weight is 228 g/mol. The molecule has 92 valence electrons. The summed E-state index contributed by atoms with van der Waals surface area (Å²) in [7, 11) is 0. The Morgan fingerprint density at radius 1 is 1.50 bits per heavy atom. The highest BCUT2D eigenvalue weighted by Gasteiger charge is 2.20. The van der Waals surface area contributed by atoms with Gasteiger partial charge in [0.1, 0.15) is 5.60 Å². The number of nitrogens with zero attached hydrogens (tertiary/aromatic N) is 1. The number of hydrogen-bond acceptors (Lipinski definition) is 3. The molecule has 0 bridgehead atoms. The fraction of sp³-hybridized carbons (Fsp3) is 0.818. The van der Waals surface area contributed by atoms with Crippen LogP contribution in [0.4, 0.5) is 4.79 Å². The van der Waals surface area contributed by atoms with Crippen LogP contribution in [-0.2, 0) is 9.53 Å². The number of hydrogen-bond donors (Lipinski definition) is 1. The van der Waals surface area contributed by atoms with E-state index in [-0.39, 0.29) is 5.91 Å². The fourth-order valence-corrected chi connectivity index (χ4v) is 1.55. The monoisotopic (exact) mass is 228 g/mol. The van der Waals surface area contributed by atoms with E-state index in [2.05, 4.69) is 5.32 Å². The molecule has 0 radical (unpaired) electrons. The minimum Gasteiger partial charge on any atom is -0.444 e. The van der Waals surface area contributed by atoms with Crippen molar-refractivity contribution in [1.82, 2.24) is 10.2 Å². The zero-order chi connectivity index (χ0) is 12.2. The maximum absolute atomic E-state index is 11.3. The van der Waals surface area contributed by atoms with E-state index in [1.54, 1.807) is 4.90 Å². The van der Waals surface area contributed by atoms with Crippen molar-refractivity contribution >= 4 is 12.0 Å². The molecule has 1 N–H and O–H groups in total. The molecule has 0 aromatic rings. The summed E-state index contributed by atoms with van der Waals surface area (Å²) in [6.45, 7) is 7.26. The number of nitrogens with one attached hydrogen (secondary N) is 1. The van der Waals surface area contributed by atoms with Crippen LogP contribution in [0.2, 0.25) is 0 Å². The highest BCUT2D eigenvalue weighted by atomic mass is 16.6. The predicted molar refractivity (Wildman–Crippen MR) is 60.1 cm³/mol. The predicted octanol–water partition coefficient (Wildman–Crippen LogP) is 1.13. The van der Waals surface area contributed by atoms with Crippen LogP contribution in [-0.4, -0.2) is 42.1 Å². The molecule has 0 atom stereocenters. The molecule has 0 aliphatic carbocycles. The van der Waals surface area contributed by atoms with Crippen LogP contribution in [0.15, 0.2) is 0 Å². The minimum absolute atomic E-state index is 0.172. The number of rotatable bonds is 3. The molecule has 0 spiro atoms. The third-order valence-corrected chi connectivity index (χ3v) is 2.22. The van der Waals surface area contributed by atoms with E-state index in [1.807, 2.05) is 20.8 Å². The van der Waals surface area contributed by atoms with Crippen LogP contribution in [0, 0.1) is 0 Å². The van der Waals surface area contributed by atoms with Gasteiger partial charge in [0.05, 0.1) is 0 Å². The number of likely N-dealkylation sites (tertiary alicyclic amines) is 1. The Morgan fingerprint density at radius 3 is 2.69 bits per heavy atom. The van der Waals surface area contributed by atoms with E-state index in [0.717, 1.165) is 13.0 Å². The van der Waals surface area contributed by atoms with Crippen LogP contribution in [0.1, 0.15) is 33.6 Å². The topological polar surface area (TPSA) is 58.6 Å². The fourth-order valence-electron chi connectivity index (χ4n) is 1.55. The second kappa shape index (κ2) is 5.18. The van der Waals surface area contributed by atoms with E-state index >= 15 is 0 Å². The van der Waals surface area contributed by atoms with Crippen molar-refractivity contribution in [2.75, 3.05) is 19.6 Å². The maximum Gasteiger partial charge on any atom is 0.407 e. The van der Waals surface area contributed by atoms with Gasteiger partial charge in [-0.15, -0.1) is 0 Å². The lowest BCUT2D eigenvalue weighted by Gasteiger charge is -2.20. The Balaban J connectivity index is 2.15. The number of amides is 2. The SMILES string of the molecule is CC(C)(C)OC(=O)NCCN1CCCC1=O. The van der Waals surface area contributed by atoms with E-state index in [1.165, 1.54) is 0 Å². The van der Waals surface area contributed by atoms with Gasteiger partial charge in [0.2, 0.25) is 5.91 Å². The minimum atomic E-state index is -0.479. The largest absolute Gasteiger partial charge is 0.444 e. The molecule has 1 rings (SSSR count). The summed E-state index contributed by atoms with van der Waals surface area (Å²) >= 11 is 0. The smallest absolute Gasteiger partial charge is 0.407 e. The molecule has 1 fully saturated rings. The van der Waals surface area contributed by atoms with Gasteiger partial charge >= 0.3 is 6.09 Å². The normalized spacial score (nSPS) is 16.4. The second-order valence-electron chi connectivity index (χ2n) is 4.91. The highest BCUT2D eigenvalue weighted by Crippen LogP contribution is 2.08. The quantitative estimate of drug-likeness (QED) is 0.788. The van der Waals surface area contributed by atoms with Crippen LogP contribution < -0.4 is 5.32 Å². The number of carbonyl (C=O) groups is 2. The number of ether oxygens (including phenoxy) is 1. The number of carbonyl (C=O) groups excluding carboxylic acids is 2. The Morgan fingerprint density at radius 2 is 2.19 bits per heavy atom. The lowest BCUT2D eigenvalue weighted by atomic mass is 10.2. The molecule has 5 nitrogen and oxygen atoms in total. The summed E-state index contributed by atoms with van der Waals surface area (Å²) in [6, 6.07) is 0. The van der Waals surface area contributed by atoms with Crippen LogP contribution in [0.5, 0.6) is 0 Å². The average Bonchev–Trinajstić information content (AvgIpc) is 2.48. The van der Waals surface area contributed by atoms with E-state index in [4.69, 9.17) is 4.74 Å². The summed E-state index contributed by atoms with van der Waals surface area (Å²) in [6.07, 6.45) is 1.12. The molecule has 0 saturated carbocycles. The molecule has 2 amide bonds. The molecule has 1 aliphatic heterocycles. The van der Waals surface area contributed by atoms with E-state index in [0.29, 0.717) is 19.5 Å². The standard InChI is InChI=1S/C11H20N2O3/c1-11(2,3)16-10(15)12-6-8-13-7-4-5-9(13)14/h4-8H2,1-3H3,(H,12,15). The second-order valence-corrected chi connectivity index (χ2v) is 4.91. The van der Waals surface area contributed by atoms with Gasteiger partial charge in [-0.3, -0.25) is 4.79 Å². The first-order valence-electron chi connectivity index (χ1n) is 5.63. The van der Waals surface area contributed by atoms with Gasteiger partial charge in [0, 0.05) is 26.1 Å². The Kier molecular flexibility index (Phi) is 4.15. The third-order valence-electron chi connectivity index (χ3n) is 2.22. The van der Waals surface area contributed by atoms with Crippen molar-refractivity contribution in [2.45, 2.75) is 39.2 Å². The van der Waals surface area contributed by atoms with Gasteiger partial charge in [-0.25, -0.2) is 4.79 Å². The highest BCUT2D eigenvalue weighted by molar-refractivity contribution is 5.78. The van der Waals surface area contributed by atoms with Crippen LogP contribution in [0.25, 0.3) is 0 Å². The summed E-state index contributed by atoms with van der Waals surface area (Å²) in [5.41, 5.74) is -0.479. The molecule has 0 aromatic heterocycles. The zero-order valence-electron chi connectivity index (χ0n) is 10.2. The van der Waals surface area contributed by atoms with Gasteiger partial charge in [-0.05, 0) is 27.2 Å². The first kappa shape index (κ1) is 12.8. The van der Waals surface area contributed by atoms with E-state index in [9.17, 15) is 9.59 Å². The molecular weight excluding hydrogens is 208 g/mol. The van der Waals surface area contributed by atoms with Crippen molar-refractivity contribution in [3.05, 3.63) is 0 Å². The summed E-state index contributed by atoms with van der Waals surface area (Å²) in [5, 5.41) is 2.63. The first-order valence-corrected chi connectivity index (χ1v) is 5.63. The third kappa shape index (κ3) is 4.51. The lowest BCUT2D eigenvalue weighted by molar-refractivity contribution is -0.127. The van der Waals surface area contributed by atoms with Gasteiger partial charge in [0.25, 0.3) is 0 Å². The van der Waals surface area contributed by atoms with Crippen molar-refractivity contribution in [3.8, 4) is 0 Å². The summed E-state index contributed by atoms with van der Waals surface area (Å²) < 4.78 is 5.08. The zero-order valence-corrected chi connectivity index (χ0v) is 10.2. The Hall–Kier alpha value is -1.26. The van der Waals surface area contributed by atoms with Gasteiger partial charge in [0.15, 0.2) is 0 Å². The molecule has 0 aromatic carbocycles. The maximum atomic E-state index is 11.3. The number of alkyl carbamates (subject to hydrolysis) is 1. The lowest BCUT2D eigenvalue weighted by Crippen LogP contribution is -2.38. The van der Waals surface area contributed by atoms with Gasteiger partial charge in [-0.2, -0.15) is 0 Å². The first-order chi connectivity index (χ1) is 7.38. The molecule has 0 unspecified atom stereocenters. The van der Waals surface area contributed by atoms with Gasteiger partial charge in [-0.1, -0.05) is 0 Å². The van der Waals surface area contributed by atoms with Crippen LogP contribution in [0.3, 0.4) is 0 Å². The molecule has 5 heteroatoms. The Bertz CT molecular complexity index is 271. The van der Waals surface area contributed by atoms with Crippen molar-refractivity contribution in [3.63, 3.8) is 0 Å².